The first-order chi connectivity index (χ1) is 8.60. The highest BCUT2D eigenvalue weighted by atomic mass is 35.5. The van der Waals surface area contributed by atoms with Crippen molar-refractivity contribution in [1.82, 2.24) is 14.9 Å². The fourth-order valence-electron chi connectivity index (χ4n) is 1.20. The third-order valence-electron chi connectivity index (χ3n) is 2.03. The number of nitrogens with zero attached hydrogens (tertiary/aromatic N) is 3. The van der Waals surface area contributed by atoms with E-state index < -0.39 is 11.5 Å². The Balaban J connectivity index is 2.77. The quantitative estimate of drug-likeness (QED) is 0.597. The van der Waals surface area contributed by atoms with Gasteiger partial charge in [-0.1, -0.05) is 11.6 Å². The lowest BCUT2D eigenvalue weighted by Gasteiger charge is -2.08. The van der Waals surface area contributed by atoms with Crippen LogP contribution in [0, 0.1) is 11.3 Å². The fourth-order valence-corrected chi connectivity index (χ4v) is 1.40. The maximum absolute atomic E-state index is 11.8. The van der Waals surface area contributed by atoms with Gasteiger partial charge in [-0.25, -0.2) is 4.98 Å². The summed E-state index contributed by atoms with van der Waals surface area (Å²) in [6, 6.07) is 1.89. The Hall–Kier alpha value is -2.07. The highest BCUT2D eigenvalue weighted by Crippen LogP contribution is 2.14. The molecule has 1 rings (SSSR count). The zero-order valence-corrected chi connectivity index (χ0v) is 10.4. The van der Waals surface area contributed by atoms with Crippen LogP contribution < -0.4 is 15.6 Å². The summed E-state index contributed by atoms with van der Waals surface area (Å²) in [7, 11) is 1.29. The van der Waals surface area contributed by atoms with E-state index in [9.17, 15) is 9.59 Å². The minimum atomic E-state index is -0.534. The van der Waals surface area contributed by atoms with E-state index in [-0.39, 0.29) is 30.4 Å². The fraction of sp³-hybridized carbons (Fsp3) is 0.400. The van der Waals surface area contributed by atoms with Gasteiger partial charge in [0.1, 0.15) is 6.54 Å². The van der Waals surface area contributed by atoms with Gasteiger partial charge in [-0.15, -0.1) is 0 Å². The number of nitrogens with one attached hydrogen (secondary N) is 1. The summed E-state index contributed by atoms with van der Waals surface area (Å²) >= 11 is 5.65. The monoisotopic (exact) mass is 270 g/mol. The molecule has 0 aromatic carbocycles. The Morgan fingerprint density at radius 3 is 3.06 bits per heavy atom. The van der Waals surface area contributed by atoms with Crippen molar-refractivity contribution in [2.75, 3.05) is 13.7 Å². The van der Waals surface area contributed by atoms with Crippen LogP contribution >= 0.6 is 11.6 Å². The van der Waals surface area contributed by atoms with Gasteiger partial charge in [-0.3, -0.25) is 14.2 Å². The Morgan fingerprint density at radius 2 is 2.44 bits per heavy atom. The maximum atomic E-state index is 11.8. The van der Waals surface area contributed by atoms with E-state index in [2.05, 4.69) is 10.3 Å². The van der Waals surface area contributed by atoms with Crippen LogP contribution in [-0.2, 0) is 11.3 Å². The third-order valence-corrected chi connectivity index (χ3v) is 2.30. The Labute approximate surface area is 108 Å². The van der Waals surface area contributed by atoms with Gasteiger partial charge >= 0.3 is 0 Å². The second-order valence-electron chi connectivity index (χ2n) is 3.26. The lowest BCUT2D eigenvalue weighted by atomic mass is 10.4. The number of halogens is 1. The third kappa shape index (κ3) is 3.46. The molecule has 0 unspecified atom stereocenters. The molecule has 7 nitrogen and oxygen atoms in total. The Bertz CT molecular complexity index is 535. The van der Waals surface area contributed by atoms with Crippen LogP contribution in [0.15, 0.2) is 11.1 Å². The minimum absolute atomic E-state index is 0.0522. The van der Waals surface area contributed by atoms with Crippen molar-refractivity contribution in [3.8, 4) is 11.8 Å². The molecule has 0 saturated heterocycles. The SMILES string of the molecule is COc1c(Cl)ncn(CC(=O)NCCC#N)c1=O. The molecule has 0 saturated carbocycles. The number of rotatable bonds is 5. The van der Waals surface area contributed by atoms with E-state index in [1.807, 2.05) is 6.07 Å². The standard InChI is InChI=1S/C10H11ClN4O3/c1-18-8-9(11)14-6-15(10(8)17)5-7(16)13-4-2-3-12/h6H,2,4-5H2,1H3,(H,13,16). The molecule has 1 aromatic rings. The molecule has 0 aliphatic heterocycles. The maximum Gasteiger partial charge on any atom is 0.297 e. The molecule has 96 valence electrons. The van der Waals surface area contributed by atoms with Gasteiger partial charge in [0.15, 0.2) is 5.15 Å². The second-order valence-corrected chi connectivity index (χ2v) is 3.62. The number of hydrogen-bond acceptors (Lipinski definition) is 5. The highest BCUT2D eigenvalue weighted by Gasteiger charge is 2.12. The van der Waals surface area contributed by atoms with Crippen molar-refractivity contribution in [1.29, 1.82) is 5.26 Å². The molecule has 0 radical (unpaired) electrons. The molecule has 1 heterocycles. The van der Waals surface area contributed by atoms with Crippen LogP contribution in [0.25, 0.3) is 0 Å². The van der Waals surface area contributed by atoms with E-state index in [0.717, 1.165) is 10.9 Å². The van der Waals surface area contributed by atoms with Gasteiger partial charge in [0.25, 0.3) is 5.56 Å². The molecular weight excluding hydrogens is 260 g/mol. The van der Waals surface area contributed by atoms with Crippen LogP contribution in [0.1, 0.15) is 6.42 Å². The topological polar surface area (TPSA) is 97.0 Å². The van der Waals surface area contributed by atoms with Crippen molar-refractivity contribution < 1.29 is 9.53 Å². The number of methoxy groups -OCH3 is 1. The molecule has 1 N–H and O–H groups in total. The Morgan fingerprint density at radius 1 is 1.72 bits per heavy atom. The molecule has 1 aromatic heterocycles. The Kier molecular flexibility index (Phi) is 5.14. The van der Waals surface area contributed by atoms with Crippen molar-refractivity contribution in [2.24, 2.45) is 0 Å². The first-order valence-corrected chi connectivity index (χ1v) is 5.40. The predicted octanol–water partition coefficient (Wildman–Crippen LogP) is -0.0648. The largest absolute Gasteiger partial charge is 0.489 e. The van der Waals surface area contributed by atoms with Crippen LogP contribution in [-0.4, -0.2) is 29.1 Å². The van der Waals surface area contributed by atoms with E-state index in [0.29, 0.717) is 0 Å². The molecule has 0 bridgehead atoms. The molecule has 0 aliphatic carbocycles. The van der Waals surface area contributed by atoms with Crippen molar-refractivity contribution >= 4 is 17.5 Å². The summed E-state index contributed by atoms with van der Waals surface area (Å²) in [6.07, 6.45) is 1.37. The van der Waals surface area contributed by atoms with Crippen LogP contribution in [0.2, 0.25) is 5.15 Å². The van der Waals surface area contributed by atoms with Crippen LogP contribution in [0.5, 0.6) is 5.75 Å². The number of nitriles is 1. The molecule has 0 atom stereocenters. The zero-order valence-electron chi connectivity index (χ0n) is 9.64. The lowest BCUT2D eigenvalue weighted by molar-refractivity contribution is -0.121. The van der Waals surface area contributed by atoms with E-state index >= 15 is 0 Å². The summed E-state index contributed by atoms with van der Waals surface area (Å²) in [4.78, 5) is 26.9. The summed E-state index contributed by atoms with van der Waals surface area (Å²) in [5, 5.41) is 10.8. The first-order valence-electron chi connectivity index (χ1n) is 5.02. The summed E-state index contributed by atoms with van der Waals surface area (Å²) in [5.74, 6) is -0.498. The molecular formula is C10H11ClN4O3. The number of ether oxygens (including phenoxy) is 1. The molecule has 0 fully saturated rings. The average molecular weight is 271 g/mol. The first kappa shape index (κ1) is 14.0. The summed E-state index contributed by atoms with van der Waals surface area (Å²) in [5.41, 5.74) is -0.534. The molecule has 18 heavy (non-hydrogen) atoms. The lowest BCUT2D eigenvalue weighted by Crippen LogP contribution is -2.33. The molecule has 0 spiro atoms. The molecule has 0 aliphatic rings. The zero-order chi connectivity index (χ0) is 13.5. The van der Waals surface area contributed by atoms with Crippen LogP contribution in [0.4, 0.5) is 0 Å². The number of aromatic nitrogens is 2. The predicted molar refractivity (Wildman–Crippen MR) is 63.3 cm³/mol. The van der Waals surface area contributed by atoms with Crippen LogP contribution in [0.3, 0.4) is 0 Å². The molecule has 8 heteroatoms. The normalized spacial score (nSPS) is 9.61. The smallest absolute Gasteiger partial charge is 0.297 e. The average Bonchev–Trinajstić information content (AvgIpc) is 2.34. The minimum Gasteiger partial charge on any atom is -0.489 e. The van der Waals surface area contributed by atoms with Crippen molar-refractivity contribution in [2.45, 2.75) is 13.0 Å². The van der Waals surface area contributed by atoms with Crippen molar-refractivity contribution in [3.05, 3.63) is 21.8 Å². The number of hydrogen-bond donors (Lipinski definition) is 1. The number of carbonyl (C=O) groups excluding carboxylic acids is 1. The van der Waals surface area contributed by atoms with Gasteiger partial charge in [0.2, 0.25) is 11.7 Å². The van der Waals surface area contributed by atoms with E-state index in [1.165, 1.54) is 7.11 Å². The van der Waals surface area contributed by atoms with Gasteiger partial charge in [0.05, 0.1) is 25.9 Å². The van der Waals surface area contributed by atoms with E-state index in [1.54, 1.807) is 0 Å². The summed E-state index contributed by atoms with van der Waals surface area (Å²) in [6.45, 7) is 0.0347. The number of amides is 1. The summed E-state index contributed by atoms with van der Waals surface area (Å²) < 4.78 is 5.87. The van der Waals surface area contributed by atoms with Gasteiger partial charge in [-0.2, -0.15) is 5.26 Å². The van der Waals surface area contributed by atoms with Crippen molar-refractivity contribution in [3.63, 3.8) is 0 Å². The van der Waals surface area contributed by atoms with Gasteiger partial charge in [-0.05, 0) is 0 Å². The number of carbonyl (C=O) groups is 1. The van der Waals surface area contributed by atoms with Gasteiger partial charge < -0.3 is 10.1 Å². The van der Waals surface area contributed by atoms with Gasteiger partial charge in [0, 0.05) is 6.54 Å². The van der Waals surface area contributed by atoms with E-state index in [4.69, 9.17) is 21.6 Å². The highest BCUT2D eigenvalue weighted by molar-refractivity contribution is 6.30. The molecule has 1 amide bonds. The second kappa shape index (κ2) is 6.61.